The fourth-order valence-corrected chi connectivity index (χ4v) is 6.35. The summed E-state index contributed by atoms with van der Waals surface area (Å²) in [5.41, 5.74) is 3.77. The number of Topliss-reactive ketones (excluding diaryl/α,β-unsaturated/α-hetero) is 2. The van der Waals surface area contributed by atoms with Gasteiger partial charge in [0.2, 0.25) is 5.78 Å². The molecule has 37 heavy (non-hydrogen) atoms. The molecule has 0 aromatic heterocycles. The predicted molar refractivity (Wildman–Crippen MR) is 137 cm³/mol. The van der Waals surface area contributed by atoms with Crippen LogP contribution in [-0.2, 0) is 27.2 Å². The number of phenolic OH excluding ortho intramolecular Hbond substituents is 1. The molecule has 3 aliphatic carbocycles. The summed E-state index contributed by atoms with van der Waals surface area (Å²) in [7, 11) is 3.16. The van der Waals surface area contributed by atoms with Crippen molar-refractivity contribution >= 4 is 23.2 Å². The quantitative estimate of drug-likeness (QED) is 0.376. The molecule has 3 aliphatic rings. The Morgan fingerprint density at radius 2 is 1.81 bits per heavy atom. The largest absolute Gasteiger partial charge is 0.508 e. The van der Waals surface area contributed by atoms with Gasteiger partial charge in [-0.05, 0) is 74.7 Å². The molecular weight excluding hydrogens is 476 g/mol. The molecule has 4 atom stereocenters. The molecule has 0 saturated heterocycles. The first kappa shape index (κ1) is 26.9. The highest BCUT2D eigenvalue weighted by molar-refractivity contribution is 6.24. The molecular formula is C28H36N2O7. The summed E-state index contributed by atoms with van der Waals surface area (Å²) in [4.78, 5) is 40.6. The highest BCUT2D eigenvalue weighted by Gasteiger charge is 2.64. The van der Waals surface area contributed by atoms with Crippen molar-refractivity contribution in [1.82, 2.24) is 4.90 Å². The highest BCUT2D eigenvalue weighted by Crippen LogP contribution is 2.53. The SMILES string of the molecule is CN(C)C1C(=O)C(C(N)=O)=C(O)C2(O)C(=O)C3=C(O)c4c(O)ccc(CCCC(C)(C)C)c4CC3CC12. The maximum atomic E-state index is 13.8. The standard InChI is InChI=1S/C28H36N2O7/c1-27(2,3)10-6-7-13-8-9-17(31)19-15(13)11-14-12-16-21(30(4)5)23(33)20(26(29)36)25(35)28(16,37)24(34)18(14)22(19)32/h8-9,14,16,21,31-32,35,37H,6-7,10-12H2,1-5H3,(H2,29,36). The molecule has 1 saturated carbocycles. The van der Waals surface area contributed by atoms with Crippen molar-refractivity contribution in [2.75, 3.05) is 14.1 Å². The van der Waals surface area contributed by atoms with E-state index in [0.717, 1.165) is 30.4 Å². The van der Waals surface area contributed by atoms with Crippen molar-refractivity contribution in [3.05, 3.63) is 45.7 Å². The van der Waals surface area contributed by atoms with Gasteiger partial charge < -0.3 is 26.2 Å². The second-order valence-electron chi connectivity index (χ2n) is 12.0. The maximum absolute atomic E-state index is 13.8. The van der Waals surface area contributed by atoms with Gasteiger partial charge in [-0.3, -0.25) is 19.3 Å². The molecule has 6 N–H and O–H groups in total. The smallest absolute Gasteiger partial charge is 0.255 e. The number of nitrogens with zero attached hydrogens (tertiary/aromatic N) is 1. The number of benzene rings is 1. The van der Waals surface area contributed by atoms with Gasteiger partial charge in [0, 0.05) is 11.5 Å². The lowest BCUT2D eigenvalue weighted by atomic mass is 9.57. The van der Waals surface area contributed by atoms with Crippen LogP contribution in [0.4, 0.5) is 0 Å². The number of aliphatic hydroxyl groups excluding tert-OH is 2. The van der Waals surface area contributed by atoms with Crippen molar-refractivity contribution in [3.63, 3.8) is 0 Å². The zero-order chi connectivity index (χ0) is 27.6. The maximum Gasteiger partial charge on any atom is 0.255 e. The van der Waals surface area contributed by atoms with E-state index in [1.54, 1.807) is 14.1 Å². The van der Waals surface area contributed by atoms with Gasteiger partial charge in [0.25, 0.3) is 5.91 Å². The Bertz CT molecular complexity index is 1250. The number of phenols is 1. The lowest BCUT2D eigenvalue weighted by Crippen LogP contribution is -2.65. The first-order valence-corrected chi connectivity index (χ1v) is 12.6. The second kappa shape index (κ2) is 8.99. The van der Waals surface area contributed by atoms with Crippen LogP contribution in [0, 0.1) is 17.3 Å². The second-order valence-corrected chi connectivity index (χ2v) is 12.0. The number of ketones is 2. The molecule has 0 radical (unpaired) electrons. The predicted octanol–water partition coefficient (Wildman–Crippen LogP) is 2.33. The Hall–Kier alpha value is -3.17. The Morgan fingerprint density at radius 3 is 2.38 bits per heavy atom. The number of aliphatic hydroxyl groups is 3. The van der Waals surface area contributed by atoms with Crippen LogP contribution in [0.3, 0.4) is 0 Å². The van der Waals surface area contributed by atoms with E-state index in [2.05, 4.69) is 20.8 Å². The van der Waals surface area contributed by atoms with Gasteiger partial charge in [-0.1, -0.05) is 26.8 Å². The van der Waals surface area contributed by atoms with Crippen LogP contribution in [-0.4, -0.2) is 68.5 Å². The van der Waals surface area contributed by atoms with E-state index in [4.69, 9.17) is 5.73 Å². The third-order valence-corrected chi connectivity index (χ3v) is 8.07. The molecule has 0 heterocycles. The van der Waals surface area contributed by atoms with Crippen LogP contribution in [0.15, 0.2) is 29.0 Å². The Balaban J connectivity index is 1.86. The summed E-state index contributed by atoms with van der Waals surface area (Å²) in [5, 5.41) is 44.5. The first-order chi connectivity index (χ1) is 17.1. The average Bonchev–Trinajstić information content (AvgIpc) is 2.76. The van der Waals surface area contributed by atoms with E-state index in [1.807, 2.05) is 6.07 Å². The molecule has 200 valence electrons. The monoisotopic (exact) mass is 512 g/mol. The number of nitrogens with two attached hydrogens (primary N) is 1. The van der Waals surface area contributed by atoms with Gasteiger partial charge in [-0.2, -0.15) is 0 Å². The summed E-state index contributed by atoms with van der Waals surface area (Å²) in [5.74, 6) is -6.37. The van der Waals surface area contributed by atoms with E-state index in [9.17, 15) is 34.8 Å². The number of carbonyl (C=O) groups excluding carboxylic acids is 3. The van der Waals surface area contributed by atoms with Crippen molar-refractivity contribution in [2.45, 2.75) is 64.5 Å². The van der Waals surface area contributed by atoms with Crippen LogP contribution in [0.5, 0.6) is 5.75 Å². The summed E-state index contributed by atoms with van der Waals surface area (Å²) in [6.07, 6.45) is 3.00. The number of rotatable bonds is 5. The molecule has 1 aromatic carbocycles. The van der Waals surface area contributed by atoms with E-state index in [-0.39, 0.29) is 28.7 Å². The van der Waals surface area contributed by atoms with Gasteiger partial charge in [0.1, 0.15) is 22.8 Å². The Kier molecular flexibility index (Phi) is 6.53. The molecule has 9 nitrogen and oxygen atoms in total. The van der Waals surface area contributed by atoms with Gasteiger partial charge >= 0.3 is 0 Å². The number of hydrogen-bond acceptors (Lipinski definition) is 8. The van der Waals surface area contributed by atoms with E-state index in [0.29, 0.717) is 6.42 Å². The van der Waals surface area contributed by atoms with Crippen LogP contribution in [0.2, 0.25) is 0 Å². The summed E-state index contributed by atoms with van der Waals surface area (Å²) in [6.45, 7) is 6.49. The zero-order valence-corrected chi connectivity index (χ0v) is 22.0. The number of primary amides is 1. The molecule has 4 rings (SSSR count). The topological polar surface area (TPSA) is 161 Å². The molecule has 1 aromatic rings. The normalized spacial score (nSPS) is 27.8. The number of amides is 1. The molecule has 0 bridgehead atoms. The molecule has 1 fully saturated rings. The minimum Gasteiger partial charge on any atom is -0.508 e. The third kappa shape index (κ3) is 4.14. The molecule has 0 spiro atoms. The van der Waals surface area contributed by atoms with Gasteiger partial charge in [-0.15, -0.1) is 0 Å². The number of aromatic hydroxyl groups is 1. The van der Waals surface area contributed by atoms with E-state index < -0.39 is 58.0 Å². The van der Waals surface area contributed by atoms with Crippen molar-refractivity contribution in [2.24, 2.45) is 23.0 Å². The zero-order valence-electron chi connectivity index (χ0n) is 22.0. The van der Waals surface area contributed by atoms with E-state index in [1.165, 1.54) is 11.0 Å². The number of aryl methyl sites for hydroxylation is 1. The minimum atomic E-state index is -2.62. The minimum absolute atomic E-state index is 0.0862. The van der Waals surface area contributed by atoms with Crippen LogP contribution < -0.4 is 5.73 Å². The lowest BCUT2D eigenvalue weighted by molar-refractivity contribution is -0.153. The molecule has 9 heteroatoms. The number of fused-ring (bicyclic) bond motifs is 3. The summed E-state index contributed by atoms with van der Waals surface area (Å²) in [6, 6.07) is 2.22. The number of hydrogen-bond donors (Lipinski definition) is 5. The first-order valence-electron chi connectivity index (χ1n) is 12.6. The summed E-state index contributed by atoms with van der Waals surface area (Å²) < 4.78 is 0. The van der Waals surface area contributed by atoms with Crippen molar-refractivity contribution in [1.29, 1.82) is 0 Å². The third-order valence-electron chi connectivity index (χ3n) is 8.07. The van der Waals surface area contributed by atoms with Crippen LogP contribution in [0.25, 0.3) is 5.76 Å². The highest BCUT2D eigenvalue weighted by atomic mass is 16.3. The fraction of sp³-hybridized carbons (Fsp3) is 0.536. The van der Waals surface area contributed by atoms with Crippen molar-refractivity contribution < 1.29 is 34.8 Å². The lowest BCUT2D eigenvalue weighted by Gasteiger charge is -2.50. The number of likely N-dealkylation sites (N-methyl/N-ethyl adjacent to an activating group) is 1. The van der Waals surface area contributed by atoms with Crippen LogP contribution >= 0.6 is 0 Å². The fourth-order valence-electron chi connectivity index (χ4n) is 6.35. The average molecular weight is 513 g/mol. The molecule has 0 aliphatic heterocycles. The van der Waals surface area contributed by atoms with Gasteiger partial charge in [0.05, 0.1) is 11.6 Å². The van der Waals surface area contributed by atoms with Gasteiger partial charge in [0.15, 0.2) is 11.4 Å². The Morgan fingerprint density at radius 1 is 1.16 bits per heavy atom. The van der Waals surface area contributed by atoms with Crippen LogP contribution in [0.1, 0.15) is 56.7 Å². The number of carbonyl (C=O) groups is 3. The summed E-state index contributed by atoms with van der Waals surface area (Å²) >= 11 is 0. The van der Waals surface area contributed by atoms with Gasteiger partial charge in [-0.25, -0.2) is 0 Å². The molecule has 4 unspecified atom stereocenters. The van der Waals surface area contributed by atoms with Crippen molar-refractivity contribution in [3.8, 4) is 5.75 Å². The Labute approximate surface area is 216 Å². The van der Waals surface area contributed by atoms with E-state index >= 15 is 0 Å². The molecule has 1 amide bonds.